The predicted molar refractivity (Wildman–Crippen MR) is 101 cm³/mol. The number of aromatic nitrogens is 5. The molecule has 4 heterocycles. The quantitative estimate of drug-likeness (QED) is 0.702. The number of hydrogen-bond acceptors (Lipinski definition) is 7. The van der Waals surface area contributed by atoms with Gasteiger partial charge in [-0.1, -0.05) is 20.8 Å². The van der Waals surface area contributed by atoms with Gasteiger partial charge in [0.05, 0.1) is 5.69 Å². The lowest BCUT2D eigenvalue weighted by Crippen LogP contribution is -2.47. The molecule has 0 aliphatic carbocycles. The van der Waals surface area contributed by atoms with Crippen LogP contribution >= 0.6 is 11.5 Å². The third-order valence-corrected chi connectivity index (χ3v) is 5.37. The molecular weight excluding hydrogens is 334 g/mol. The fourth-order valence-electron chi connectivity index (χ4n) is 3.04. The summed E-state index contributed by atoms with van der Waals surface area (Å²) in [6.07, 6.45) is 3.76. The molecule has 0 N–H and O–H groups in total. The van der Waals surface area contributed by atoms with Gasteiger partial charge in [0.25, 0.3) is 0 Å². The van der Waals surface area contributed by atoms with E-state index < -0.39 is 0 Å². The third-order valence-electron chi connectivity index (χ3n) is 4.50. The first kappa shape index (κ1) is 16.3. The van der Waals surface area contributed by atoms with Gasteiger partial charge in [-0.2, -0.15) is 9.47 Å². The van der Waals surface area contributed by atoms with Gasteiger partial charge in [-0.3, -0.25) is 0 Å². The highest BCUT2D eigenvalue weighted by atomic mass is 32.1. The Bertz CT molecular complexity index is 884. The predicted octanol–water partition coefficient (Wildman–Crippen LogP) is 2.51. The highest BCUT2D eigenvalue weighted by Crippen LogP contribution is 2.27. The second kappa shape index (κ2) is 5.94. The summed E-state index contributed by atoms with van der Waals surface area (Å²) in [6.45, 7) is 12.2. The molecule has 1 saturated heterocycles. The van der Waals surface area contributed by atoms with Gasteiger partial charge in [-0.05, 0) is 13.0 Å². The maximum atomic E-state index is 4.73. The fraction of sp³-hybridized carbons (Fsp3) is 0.529. The van der Waals surface area contributed by atoms with Gasteiger partial charge in [0.2, 0.25) is 5.13 Å². The largest absolute Gasteiger partial charge is 0.351 e. The van der Waals surface area contributed by atoms with E-state index in [-0.39, 0.29) is 5.41 Å². The Morgan fingerprint density at radius 1 is 1.08 bits per heavy atom. The minimum absolute atomic E-state index is 0.0255. The molecule has 25 heavy (non-hydrogen) atoms. The van der Waals surface area contributed by atoms with Crippen LogP contribution in [0.1, 0.15) is 32.3 Å². The van der Waals surface area contributed by atoms with Gasteiger partial charge in [-0.15, -0.1) is 0 Å². The van der Waals surface area contributed by atoms with Crippen LogP contribution in [0.15, 0.2) is 18.5 Å². The minimum atomic E-state index is 0.0255. The van der Waals surface area contributed by atoms with Crippen molar-refractivity contribution in [1.82, 2.24) is 24.0 Å². The number of nitrogens with zero attached hydrogens (tertiary/aromatic N) is 7. The topological polar surface area (TPSA) is 62.5 Å². The molecular formula is C17H23N7S. The van der Waals surface area contributed by atoms with E-state index in [0.717, 1.165) is 54.2 Å². The van der Waals surface area contributed by atoms with Gasteiger partial charge < -0.3 is 9.80 Å². The molecule has 0 unspecified atom stereocenters. The molecule has 7 nitrogen and oxygen atoms in total. The van der Waals surface area contributed by atoms with Crippen molar-refractivity contribution in [2.24, 2.45) is 0 Å². The Hall–Kier alpha value is -2.22. The Balaban J connectivity index is 1.57. The van der Waals surface area contributed by atoms with E-state index in [0.29, 0.717) is 0 Å². The van der Waals surface area contributed by atoms with Gasteiger partial charge in [0.15, 0.2) is 5.82 Å². The lowest BCUT2D eigenvalue weighted by atomic mass is 9.92. The van der Waals surface area contributed by atoms with Gasteiger partial charge >= 0.3 is 0 Å². The molecule has 1 fully saturated rings. The van der Waals surface area contributed by atoms with Crippen LogP contribution in [-0.4, -0.2) is 50.1 Å². The SMILES string of the molecule is Cc1nsc(N2CCN(c3nccn4nc(C(C)(C)C)cc34)CC2)n1. The summed E-state index contributed by atoms with van der Waals surface area (Å²) in [5.74, 6) is 1.86. The summed E-state index contributed by atoms with van der Waals surface area (Å²) >= 11 is 1.48. The molecule has 0 bridgehead atoms. The van der Waals surface area contributed by atoms with Crippen LogP contribution in [0, 0.1) is 6.92 Å². The summed E-state index contributed by atoms with van der Waals surface area (Å²) in [5, 5.41) is 5.74. The molecule has 0 saturated carbocycles. The molecule has 1 aliphatic rings. The maximum absolute atomic E-state index is 4.73. The van der Waals surface area contributed by atoms with Gasteiger partial charge in [0, 0.05) is 55.5 Å². The third kappa shape index (κ3) is 3.06. The van der Waals surface area contributed by atoms with Crippen molar-refractivity contribution in [1.29, 1.82) is 0 Å². The second-order valence-corrected chi connectivity index (χ2v) is 8.19. The zero-order valence-corrected chi connectivity index (χ0v) is 15.9. The Labute approximate surface area is 151 Å². The Morgan fingerprint density at radius 2 is 1.80 bits per heavy atom. The van der Waals surface area contributed by atoms with Crippen LogP contribution in [0.2, 0.25) is 0 Å². The summed E-state index contributed by atoms with van der Waals surface area (Å²) in [4.78, 5) is 13.8. The van der Waals surface area contributed by atoms with Crippen molar-refractivity contribution in [2.75, 3.05) is 36.0 Å². The molecule has 0 amide bonds. The zero-order valence-electron chi connectivity index (χ0n) is 15.1. The normalized spacial score (nSPS) is 16.0. The first-order valence-electron chi connectivity index (χ1n) is 8.57. The van der Waals surface area contributed by atoms with Crippen LogP contribution in [0.3, 0.4) is 0 Å². The highest BCUT2D eigenvalue weighted by molar-refractivity contribution is 7.09. The average molecular weight is 357 g/mol. The molecule has 0 radical (unpaired) electrons. The summed E-state index contributed by atoms with van der Waals surface area (Å²) < 4.78 is 6.23. The van der Waals surface area contributed by atoms with E-state index in [9.17, 15) is 0 Å². The van der Waals surface area contributed by atoms with E-state index in [1.54, 1.807) is 0 Å². The van der Waals surface area contributed by atoms with E-state index in [4.69, 9.17) is 5.10 Å². The van der Waals surface area contributed by atoms with E-state index in [1.165, 1.54) is 11.5 Å². The smallest absolute Gasteiger partial charge is 0.205 e. The van der Waals surface area contributed by atoms with Crippen LogP contribution < -0.4 is 9.80 Å². The van der Waals surface area contributed by atoms with Gasteiger partial charge in [-0.25, -0.2) is 14.5 Å². The average Bonchev–Trinajstić information content (AvgIpc) is 3.20. The van der Waals surface area contributed by atoms with E-state index in [1.807, 2.05) is 23.8 Å². The van der Waals surface area contributed by atoms with Crippen molar-refractivity contribution in [3.05, 3.63) is 30.0 Å². The molecule has 1 aliphatic heterocycles. The molecule has 4 rings (SSSR count). The summed E-state index contributed by atoms with van der Waals surface area (Å²) in [7, 11) is 0. The molecule has 8 heteroatoms. The first-order chi connectivity index (χ1) is 11.9. The molecule has 3 aromatic heterocycles. The van der Waals surface area contributed by atoms with Crippen molar-refractivity contribution in [3.8, 4) is 0 Å². The minimum Gasteiger partial charge on any atom is -0.351 e. The zero-order chi connectivity index (χ0) is 17.6. The highest BCUT2D eigenvalue weighted by Gasteiger charge is 2.24. The lowest BCUT2D eigenvalue weighted by molar-refractivity contribution is 0.562. The monoisotopic (exact) mass is 357 g/mol. The van der Waals surface area contributed by atoms with Crippen molar-refractivity contribution >= 4 is 28.0 Å². The maximum Gasteiger partial charge on any atom is 0.205 e. The van der Waals surface area contributed by atoms with Crippen molar-refractivity contribution in [2.45, 2.75) is 33.1 Å². The number of piperazine rings is 1. The first-order valence-corrected chi connectivity index (χ1v) is 9.34. The summed E-state index contributed by atoms with van der Waals surface area (Å²) in [5.41, 5.74) is 2.19. The lowest BCUT2D eigenvalue weighted by Gasteiger charge is -2.35. The Kier molecular flexibility index (Phi) is 3.87. The van der Waals surface area contributed by atoms with Crippen LogP contribution in [0.4, 0.5) is 10.9 Å². The standard InChI is InChI=1S/C17H23N7S/c1-12-19-16(25-21-12)23-9-7-22(8-10-23)15-13-11-14(17(2,3)4)20-24(13)6-5-18-15/h5-6,11H,7-10H2,1-4H3. The van der Waals surface area contributed by atoms with E-state index in [2.05, 4.69) is 51.0 Å². The number of fused-ring (bicyclic) bond motifs is 1. The number of aryl methyl sites for hydroxylation is 1. The van der Waals surface area contributed by atoms with Crippen LogP contribution in [0.25, 0.3) is 5.52 Å². The molecule has 0 aromatic carbocycles. The fourth-order valence-corrected chi connectivity index (χ4v) is 3.77. The van der Waals surface area contributed by atoms with Gasteiger partial charge in [0.1, 0.15) is 11.3 Å². The number of anilines is 2. The van der Waals surface area contributed by atoms with Crippen molar-refractivity contribution in [3.63, 3.8) is 0 Å². The van der Waals surface area contributed by atoms with E-state index >= 15 is 0 Å². The molecule has 132 valence electrons. The summed E-state index contributed by atoms with van der Waals surface area (Å²) in [6, 6.07) is 2.17. The van der Waals surface area contributed by atoms with Crippen LogP contribution in [-0.2, 0) is 5.41 Å². The van der Waals surface area contributed by atoms with Crippen LogP contribution in [0.5, 0.6) is 0 Å². The second-order valence-electron chi connectivity index (χ2n) is 7.46. The van der Waals surface area contributed by atoms with Crippen molar-refractivity contribution < 1.29 is 0 Å². The molecule has 0 atom stereocenters. The molecule has 3 aromatic rings. The number of hydrogen-bond donors (Lipinski definition) is 0. The Morgan fingerprint density at radius 3 is 2.44 bits per heavy atom. The number of rotatable bonds is 2. The molecule has 0 spiro atoms.